The number of aliphatic hydroxyl groups excluding tert-OH is 1. The monoisotopic (exact) mass is 706 g/mol. The van der Waals surface area contributed by atoms with Crippen molar-refractivity contribution < 1.29 is 37.4 Å². The number of aliphatic hydroxyl groups is 1. The fourth-order valence-corrected chi connectivity index (χ4v) is 7.06. The Kier molecular flexibility index (Phi) is 10.4. The largest absolute Gasteiger partial charge is 0.464 e. The topological polar surface area (TPSA) is 150 Å². The second-order valence-corrected chi connectivity index (χ2v) is 15.2. The molecule has 1 aliphatic rings. The zero-order valence-electron chi connectivity index (χ0n) is 27.9. The molecule has 0 aliphatic carbocycles. The highest BCUT2D eigenvalue weighted by Crippen LogP contribution is 2.50. The summed E-state index contributed by atoms with van der Waals surface area (Å²) in [5.41, 5.74) is -1.52. The Morgan fingerprint density at radius 2 is 1.94 bits per heavy atom. The molecule has 0 amide bonds. The molecule has 1 fully saturated rings. The number of nitrogens with zero attached hydrogens (tertiary/aromatic N) is 5. The van der Waals surface area contributed by atoms with Gasteiger partial charge in [-0.1, -0.05) is 57.2 Å². The van der Waals surface area contributed by atoms with E-state index in [0.717, 1.165) is 5.39 Å². The number of imidazole rings is 1. The van der Waals surface area contributed by atoms with Gasteiger partial charge in [-0.25, -0.2) is 23.9 Å². The molecule has 5 rings (SSSR count). The van der Waals surface area contributed by atoms with Gasteiger partial charge in [0.15, 0.2) is 29.4 Å². The Hall–Kier alpha value is -3.39. The van der Waals surface area contributed by atoms with Gasteiger partial charge in [0.1, 0.15) is 29.3 Å². The van der Waals surface area contributed by atoms with Crippen molar-refractivity contribution >= 4 is 53.1 Å². The number of nitrogens with one attached hydrogen (secondary N) is 1. The Morgan fingerprint density at radius 1 is 1.23 bits per heavy atom. The summed E-state index contributed by atoms with van der Waals surface area (Å²) in [5.74, 6) is -0.00681. The molecule has 0 bridgehead atoms. The van der Waals surface area contributed by atoms with Crippen molar-refractivity contribution in [2.45, 2.75) is 64.8 Å². The van der Waals surface area contributed by atoms with Gasteiger partial charge < -0.3 is 24.0 Å². The number of ether oxygens (including phenoxy) is 2. The van der Waals surface area contributed by atoms with Crippen LogP contribution in [0.1, 0.15) is 39.7 Å². The SMILES string of the molecule is Cc1nc(N(C)C)c2ncn([C@@H]3O[C@](CCl)(CO[P@](=O)(N[C@@H](C)C(=O)OCC(C)(C)C)Oc4cccc5ccccc45)[C@@H](O)[C@H]3F)c2n1. The van der Waals surface area contributed by atoms with Crippen molar-refractivity contribution in [1.82, 2.24) is 24.6 Å². The Labute approximate surface area is 283 Å². The molecule has 0 spiro atoms. The molecular weight excluding hydrogens is 666 g/mol. The normalized spacial score (nSPS) is 23.2. The maximum atomic E-state index is 16.0. The zero-order chi connectivity index (χ0) is 35.0. The van der Waals surface area contributed by atoms with Crippen molar-refractivity contribution in [3.8, 4) is 5.75 Å². The summed E-state index contributed by atoms with van der Waals surface area (Å²) in [4.78, 5) is 27.9. The first kappa shape index (κ1) is 35.9. The molecule has 260 valence electrons. The highest BCUT2D eigenvalue weighted by molar-refractivity contribution is 7.52. The van der Waals surface area contributed by atoms with E-state index < -0.39 is 56.3 Å². The number of hydrogen-bond acceptors (Lipinski definition) is 11. The standard InChI is InChI=1S/C32H41ClFN6O7P/c1-19(30(42)44-16-31(3,4)5)38-48(43,47-23-14-10-12-21-11-8-9-13-22(21)23)45-17-32(15-33)26(41)24(34)29(46-32)40-18-35-25-27(39(6)7)36-20(2)37-28(25)40/h8-14,18-19,24,26,29,41H,15-17H2,1-7H3,(H,38,43)/t19-,24+,26-,29+,32+,48+/m0/s1. The van der Waals surface area contributed by atoms with E-state index in [1.807, 2.05) is 39.0 Å². The number of carbonyl (C=O) groups is 1. The van der Waals surface area contributed by atoms with Crippen LogP contribution in [0.3, 0.4) is 0 Å². The summed E-state index contributed by atoms with van der Waals surface area (Å²) in [6.45, 7) is 8.29. The molecule has 6 atom stereocenters. The van der Waals surface area contributed by atoms with E-state index in [-0.39, 0.29) is 23.4 Å². The second kappa shape index (κ2) is 13.9. The molecular formula is C32H41ClFN6O7P. The molecule has 2 N–H and O–H groups in total. The minimum Gasteiger partial charge on any atom is -0.464 e. The molecule has 13 nitrogen and oxygen atoms in total. The number of aryl methyl sites for hydroxylation is 1. The van der Waals surface area contributed by atoms with Crippen LogP contribution in [0.4, 0.5) is 10.2 Å². The van der Waals surface area contributed by atoms with E-state index in [0.29, 0.717) is 22.5 Å². The lowest BCUT2D eigenvalue weighted by atomic mass is 9.99. The molecule has 0 radical (unpaired) electrons. The Morgan fingerprint density at radius 3 is 2.62 bits per heavy atom. The van der Waals surface area contributed by atoms with E-state index >= 15 is 4.39 Å². The van der Waals surface area contributed by atoms with E-state index in [2.05, 4.69) is 20.0 Å². The van der Waals surface area contributed by atoms with Crippen LogP contribution in [0.25, 0.3) is 21.9 Å². The smallest absolute Gasteiger partial charge is 0.459 e. The van der Waals surface area contributed by atoms with Gasteiger partial charge in [0.25, 0.3) is 0 Å². The van der Waals surface area contributed by atoms with E-state index in [9.17, 15) is 14.5 Å². The number of alkyl halides is 2. The molecule has 48 heavy (non-hydrogen) atoms. The van der Waals surface area contributed by atoms with Crippen molar-refractivity contribution in [1.29, 1.82) is 0 Å². The van der Waals surface area contributed by atoms with Gasteiger partial charge in [0.05, 0.1) is 25.4 Å². The summed E-state index contributed by atoms with van der Waals surface area (Å²) >= 11 is 6.36. The third kappa shape index (κ3) is 7.44. The minimum atomic E-state index is -4.49. The summed E-state index contributed by atoms with van der Waals surface area (Å²) < 4.78 is 55.3. The number of rotatable bonds is 12. The van der Waals surface area contributed by atoms with Gasteiger partial charge in [-0.2, -0.15) is 5.09 Å². The first-order valence-electron chi connectivity index (χ1n) is 15.4. The highest BCUT2D eigenvalue weighted by Gasteiger charge is 2.57. The lowest BCUT2D eigenvalue weighted by Crippen LogP contribution is -2.48. The van der Waals surface area contributed by atoms with E-state index in [4.69, 9.17) is 30.1 Å². The van der Waals surface area contributed by atoms with Crippen LogP contribution in [0.15, 0.2) is 48.8 Å². The first-order chi connectivity index (χ1) is 22.6. The number of esters is 1. The molecule has 16 heteroatoms. The fourth-order valence-electron chi connectivity index (χ4n) is 5.20. The maximum absolute atomic E-state index is 16.0. The fraction of sp³-hybridized carbons (Fsp3) is 0.500. The van der Waals surface area contributed by atoms with Gasteiger partial charge in [-0.3, -0.25) is 13.9 Å². The van der Waals surface area contributed by atoms with Crippen molar-refractivity contribution in [3.63, 3.8) is 0 Å². The van der Waals surface area contributed by atoms with Crippen LogP contribution in [-0.2, 0) is 23.4 Å². The maximum Gasteiger partial charge on any atom is 0.459 e. The minimum absolute atomic E-state index is 0.116. The van der Waals surface area contributed by atoms with Gasteiger partial charge >= 0.3 is 13.7 Å². The van der Waals surface area contributed by atoms with Gasteiger partial charge in [-0.05, 0) is 30.7 Å². The van der Waals surface area contributed by atoms with Crippen LogP contribution in [0.2, 0.25) is 0 Å². The van der Waals surface area contributed by atoms with Gasteiger partial charge in [0.2, 0.25) is 0 Å². The zero-order valence-corrected chi connectivity index (χ0v) is 29.5. The summed E-state index contributed by atoms with van der Waals surface area (Å²) in [6.07, 6.45) is -3.91. The number of aromatic nitrogens is 4. The first-order valence-corrected chi connectivity index (χ1v) is 17.4. The number of benzene rings is 2. The van der Waals surface area contributed by atoms with Crippen molar-refractivity contribution in [2.75, 3.05) is 38.1 Å². The summed E-state index contributed by atoms with van der Waals surface area (Å²) in [5, 5.41) is 15.3. The predicted molar refractivity (Wildman–Crippen MR) is 180 cm³/mol. The number of anilines is 1. The van der Waals surface area contributed by atoms with Crippen LogP contribution in [0, 0.1) is 12.3 Å². The van der Waals surface area contributed by atoms with Crippen LogP contribution in [0.5, 0.6) is 5.75 Å². The van der Waals surface area contributed by atoms with E-state index in [1.165, 1.54) is 17.8 Å². The van der Waals surface area contributed by atoms with Crippen molar-refractivity contribution in [2.24, 2.45) is 5.41 Å². The van der Waals surface area contributed by atoms with Crippen molar-refractivity contribution in [3.05, 3.63) is 54.6 Å². The number of carbonyl (C=O) groups excluding carboxylic acids is 1. The molecule has 0 saturated carbocycles. The molecule has 2 aromatic carbocycles. The Bertz CT molecular complexity index is 1830. The lowest BCUT2D eigenvalue weighted by Gasteiger charge is -2.32. The molecule has 1 aliphatic heterocycles. The van der Waals surface area contributed by atoms with Gasteiger partial charge in [0, 0.05) is 19.5 Å². The molecule has 3 heterocycles. The quantitative estimate of drug-likeness (QED) is 0.111. The van der Waals surface area contributed by atoms with Gasteiger partial charge in [-0.15, -0.1) is 11.6 Å². The molecule has 0 unspecified atom stereocenters. The number of fused-ring (bicyclic) bond motifs is 2. The van der Waals surface area contributed by atoms with Crippen LogP contribution >= 0.6 is 19.3 Å². The average Bonchev–Trinajstić information content (AvgIpc) is 3.56. The third-order valence-corrected chi connectivity index (χ3v) is 9.77. The highest BCUT2D eigenvalue weighted by atomic mass is 35.5. The third-order valence-electron chi connectivity index (χ3n) is 7.71. The Balaban J connectivity index is 1.44. The molecule has 4 aromatic rings. The summed E-state index contributed by atoms with van der Waals surface area (Å²) in [7, 11) is -0.899. The van der Waals surface area contributed by atoms with E-state index in [1.54, 1.807) is 50.2 Å². The van der Waals surface area contributed by atoms with Crippen LogP contribution in [-0.4, -0.2) is 87.7 Å². The predicted octanol–water partition coefficient (Wildman–Crippen LogP) is 5.33. The second-order valence-electron chi connectivity index (χ2n) is 13.3. The molecule has 1 saturated heterocycles. The number of hydrogen-bond donors (Lipinski definition) is 2. The van der Waals surface area contributed by atoms with Crippen LogP contribution < -0.4 is 14.5 Å². The molecule has 2 aromatic heterocycles. The average molecular weight is 707 g/mol. The summed E-state index contributed by atoms with van der Waals surface area (Å²) in [6, 6.07) is 11.3. The number of halogens is 2. The lowest BCUT2D eigenvalue weighted by molar-refractivity contribution is -0.148.